The maximum absolute atomic E-state index is 6.12. The van der Waals surface area contributed by atoms with E-state index in [1.165, 1.54) is 27.8 Å². The average molecular weight is 283 g/mol. The van der Waals surface area contributed by atoms with Crippen LogP contribution >= 0.6 is 0 Å². The van der Waals surface area contributed by atoms with Gasteiger partial charge in [0.2, 0.25) is 0 Å². The van der Waals surface area contributed by atoms with Crippen LogP contribution in [0.3, 0.4) is 0 Å². The lowest BCUT2D eigenvalue weighted by atomic mass is 10.0. The van der Waals surface area contributed by atoms with Crippen molar-refractivity contribution in [2.75, 3.05) is 7.05 Å². The number of benzene rings is 2. The Bertz CT molecular complexity index is 599. The molecule has 0 aromatic heterocycles. The van der Waals surface area contributed by atoms with E-state index in [1.807, 2.05) is 7.05 Å². The molecule has 0 aliphatic heterocycles. The maximum Gasteiger partial charge on any atom is 0.124 e. The molecule has 2 nitrogen and oxygen atoms in total. The number of hydrogen-bond acceptors (Lipinski definition) is 2. The second kappa shape index (κ2) is 6.77. The van der Waals surface area contributed by atoms with Crippen molar-refractivity contribution in [1.82, 2.24) is 5.32 Å². The summed E-state index contributed by atoms with van der Waals surface area (Å²) in [4.78, 5) is 0. The van der Waals surface area contributed by atoms with Crippen LogP contribution in [0.15, 0.2) is 36.4 Å². The molecule has 1 N–H and O–H groups in total. The zero-order valence-corrected chi connectivity index (χ0v) is 13.7. The molecule has 2 heteroatoms. The van der Waals surface area contributed by atoms with Crippen molar-refractivity contribution in [3.8, 4) is 5.75 Å². The molecule has 0 bridgehead atoms. The van der Waals surface area contributed by atoms with Gasteiger partial charge in [-0.25, -0.2) is 0 Å². The summed E-state index contributed by atoms with van der Waals surface area (Å²) in [5.41, 5.74) is 6.31. The molecule has 1 unspecified atom stereocenters. The van der Waals surface area contributed by atoms with Gasteiger partial charge >= 0.3 is 0 Å². The average Bonchev–Trinajstić information content (AvgIpc) is 2.47. The number of hydrogen-bond donors (Lipinski definition) is 1. The van der Waals surface area contributed by atoms with Gasteiger partial charge in [-0.15, -0.1) is 0 Å². The van der Waals surface area contributed by atoms with E-state index in [1.54, 1.807) is 0 Å². The van der Waals surface area contributed by atoms with Crippen LogP contribution in [0.25, 0.3) is 0 Å². The van der Waals surface area contributed by atoms with Crippen molar-refractivity contribution in [2.24, 2.45) is 0 Å². The Morgan fingerprint density at radius 3 is 2.33 bits per heavy atom. The molecule has 0 fully saturated rings. The predicted molar refractivity (Wildman–Crippen MR) is 88.9 cm³/mol. The third-order valence-corrected chi connectivity index (χ3v) is 4.08. The Kier molecular flexibility index (Phi) is 5.03. The smallest absolute Gasteiger partial charge is 0.124 e. The number of rotatable bonds is 5. The van der Waals surface area contributed by atoms with E-state index in [-0.39, 0.29) is 6.04 Å². The predicted octanol–water partition coefficient (Wildman–Crippen LogP) is 4.47. The van der Waals surface area contributed by atoms with Crippen LogP contribution in [0.5, 0.6) is 5.75 Å². The summed E-state index contributed by atoms with van der Waals surface area (Å²) in [6.07, 6.45) is 0. The summed E-state index contributed by atoms with van der Waals surface area (Å²) in [6.45, 7) is 9.16. The highest BCUT2D eigenvalue weighted by molar-refractivity contribution is 5.40. The summed E-state index contributed by atoms with van der Waals surface area (Å²) in [5, 5.41) is 3.29. The van der Waals surface area contributed by atoms with Crippen molar-refractivity contribution in [3.05, 3.63) is 64.2 Å². The summed E-state index contributed by atoms with van der Waals surface area (Å²) >= 11 is 0. The fourth-order valence-corrected chi connectivity index (χ4v) is 2.52. The Morgan fingerprint density at radius 2 is 1.71 bits per heavy atom. The molecule has 0 saturated carbocycles. The highest BCUT2D eigenvalue weighted by Gasteiger charge is 2.11. The van der Waals surface area contributed by atoms with Gasteiger partial charge in [0, 0.05) is 11.6 Å². The van der Waals surface area contributed by atoms with Gasteiger partial charge in [0.1, 0.15) is 12.4 Å². The Morgan fingerprint density at radius 1 is 1.05 bits per heavy atom. The number of ether oxygens (including phenoxy) is 1. The molecule has 0 aliphatic carbocycles. The molecule has 2 aromatic carbocycles. The van der Waals surface area contributed by atoms with E-state index >= 15 is 0 Å². The van der Waals surface area contributed by atoms with Gasteiger partial charge in [0.05, 0.1) is 0 Å². The first-order chi connectivity index (χ1) is 10.0. The lowest BCUT2D eigenvalue weighted by molar-refractivity contribution is 0.298. The second-order valence-electron chi connectivity index (χ2n) is 5.71. The highest BCUT2D eigenvalue weighted by atomic mass is 16.5. The SMILES string of the molecule is CNC(C)c1cc(C)ccc1OCc1c(C)cccc1C. The van der Waals surface area contributed by atoms with Crippen LogP contribution in [0, 0.1) is 20.8 Å². The van der Waals surface area contributed by atoms with Crippen LogP contribution in [-0.2, 0) is 6.61 Å². The topological polar surface area (TPSA) is 21.3 Å². The lowest BCUT2D eigenvalue weighted by Gasteiger charge is -2.18. The fraction of sp³-hybridized carbons (Fsp3) is 0.368. The molecule has 0 aliphatic rings. The first kappa shape index (κ1) is 15.6. The molecule has 1 atom stereocenters. The summed E-state index contributed by atoms with van der Waals surface area (Å²) in [7, 11) is 1.97. The monoisotopic (exact) mass is 283 g/mol. The number of nitrogens with one attached hydrogen (secondary N) is 1. The molecule has 0 radical (unpaired) electrons. The van der Waals surface area contributed by atoms with Crippen LogP contribution in [0.1, 0.15) is 40.8 Å². The van der Waals surface area contributed by atoms with E-state index in [0.717, 1.165) is 5.75 Å². The third kappa shape index (κ3) is 3.64. The zero-order valence-electron chi connectivity index (χ0n) is 13.7. The van der Waals surface area contributed by atoms with Crippen molar-refractivity contribution >= 4 is 0 Å². The van der Waals surface area contributed by atoms with Gasteiger partial charge in [0.25, 0.3) is 0 Å². The summed E-state index contributed by atoms with van der Waals surface area (Å²) in [5.74, 6) is 0.963. The first-order valence-electron chi connectivity index (χ1n) is 7.48. The van der Waals surface area contributed by atoms with Crippen molar-refractivity contribution in [3.63, 3.8) is 0 Å². The second-order valence-corrected chi connectivity index (χ2v) is 5.71. The minimum absolute atomic E-state index is 0.276. The number of aryl methyl sites for hydroxylation is 3. The molecule has 21 heavy (non-hydrogen) atoms. The lowest BCUT2D eigenvalue weighted by Crippen LogP contribution is -2.14. The standard InChI is InChI=1S/C19H25NO/c1-13-9-10-19(17(11-13)16(4)20-5)21-12-18-14(2)7-6-8-15(18)3/h6-11,16,20H,12H2,1-5H3. The normalized spacial score (nSPS) is 12.2. The summed E-state index contributed by atoms with van der Waals surface area (Å²) in [6, 6.07) is 13.0. The molecule has 2 rings (SSSR count). The van der Waals surface area contributed by atoms with Crippen LogP contribution in [-0.4, -0.2) is 7.05 Å². The van der Waals surface area contributed by atoms with E-state index in [4.69, 9.17) is 4.74 Å². The van der Waals surface area contributed by atoms with Gasteiger partial charge in [-0.1, -0.05) is 35.9 Å². The fourth-order valence-electron chi connectivity index (χ4n) is 2.52. The Balaban J connectivity index is 2.24. The van der Waals surface area contributed by atoms with Crippen LogP contribution in [0.4, 0.5) is 0 Å². The van der Waals surface area contributed by atoms with E-state index in [2.05, 4.69) is 69.4 Å². The quantitative estimate of drug-likeness (QED) is 0.874. The van der Waals surface area contributed by atoms with Gasteiger partial charge in [-0.05, 0) is 57.5 Å². The molecular weight excluding hydrogens is 258 g/mol. The van der Waals surface area contributed by atoms with E-state index in [0.29, 0.717) is 6.61 Å². The van der Waals surface area contributed by atoms with E-state index in [9.17, 15) is 0 Å². The minimum atomic E-state index is 0.276. The van der Waals surface area contributed by atoms with Gasteiger partial charge in [-0.3, -0.25) is 0 Å². The Hall–Kier alpha value is -1.80. The van der Waals surface area contributed by atoms with Gasteiger partial charge in [0.15, 0.2) is 0 Å². The first-order valence-corrected chi connectivity index (χ1v) is 7.48. The zero-order chi connectivity index (χ0) is 15.4. The molecule has 0 amide bonds. The largest absolute Gasteiger partial charge is 0.489 e. The molecule has 2 aromatic rings. The van der Waals surface area contributed by atoms with Crippen molar-refractivity contribution in [1.29, 1.82) is 0 Å². The van der Waals surface area contributed by atoms with Crippen LogP contribution in [0.2, 0.25) is 0 Å². The van der Waals surface area contributed by atoms with E-state index < -0.39 is 0 Å². The summed E-state index contributed by atoms with van der Waals surface area (Å²) < 4.78 is 6.12. The molecule has 0 heterocycles. The van der Waals surface area contributed by atoms with Crippen LogP contribution < -0.4 is 10.1 Å². The van der Waals surface area contributed by atoms with Crippen molar-refractivity contribution < 1.29 is 4.74 Å². The molecular formula is C19H25NO. The van der Waals surface area contributed by atoms with Gasteiger partial charge < -0.3 is 10.1 Å². The molecule has 112 valence electrons. The minimum Gasteiger partial charge on any atom is -0.489 e. The Labute approximate surface area is 128 Å². The third-order valence-electron chi connectivity index (χ3n) is 4.08. The molecule has 0 spiro atoms. The maximum atomic E-state index is 6.12. The van der Waals surface area contributed by atoms with Gasteiger partial charge in [-0.2, -0.15) is 0 Å². The molecule has 0 saturated heterocycles. The highest BCUT2D eigenvalue weighted by Crippen LogP contribution is 2.27. The van der Waals surface area contributed by atoms with Crippen molar-refractivity contribution in [2.45, 2.75) is 40.3 Å².